The summed E-state index contributed by atoms with van der Waals surface area (Å²) in [5.41, 5.74) is 8.72. The normalized spacial score (nSPS) is 17.5. The third kappa shape index (κ3) is 3.10. The molecular formula is C17H23N5. The number of nitrogens with zero attached hydrogens (tertiary/aromatic N) is 4. The zero-order valence-electron chi connectivity index (χ0n) is 13.0. The molecule has 1 saturated heterocycles. The first kappa shape index (κ1) is 14.9. The van der Waals surface area contributed by atoms with Crippen molar-refractivity contribution in [1.82, 2.24) is 14.9 Å². The molecule has 1 aromatic carbocycles. The maximum atomic E-state index is 6.07. The number of aromatic nitrogens is 2. The molecule has 0 spiro atoms. The summed E-state index contributed by atoms with van der Waals surface area (Å²) < 4.78 is 0. The van der Waals surface area contributed by atoms with Gasteiger partial charge >= 0.3 is 0 Å². The molecule has 3 rings (SSSR count). The summed E-state index contributed by atoms with van der Waals surface area (Å²) in [7, 11) is 0. The lowest BCUT2D eigenvalue weighted by atomic mass is 9.99. The Bertz CT molecular complexity index is 593. The van der Waals surface area contributed by atoms with Gasteiger partial charge in [0.2, 0.25) is 5.95 Å². The largest absolute Gasteiger partial charge is 0.338 e. The Balaban J connectivity index is 1.68. The highest BCUT2D eigenvalue weighted by Crippen LogP contribution is 2.24. The molecule has 0 aliphatic carbocycles. The minimum atomic E-state index is 0.292. The Morgan fingerprint density at radius 2 is 1.73 bits per heavy atom. The van der Waals surface area contributed by atoms with Crippen molar-refractivity contribution in [3.05, 3.63) is 53.9 Å². The SMILES string of the molecule is Cc1ccccc1C(CN)N1CCN(c2ncccn2)CC1. The fourth-order valence-electron chi connectivity index (χ4n) is 3.12. The van der Waals surface area contributed by atoms with Gasteiger partial charge in [0.1, 0.15) is 0 Å². The molecule has 5 heteroatoms. The predicted molar refractivity (Wildman–Crippen MR) is 88.8 cm³/mol. The molecular weight excluding hydrogens is 274 g/mol. The topological polar surface area (TPSA) is 58.3 Å². The molecule has 22 heavy (non-hydrogen) atoms. The highest BCUT2D eigenvalue weighted by atomic mass is 15.3. The third-order valence-corrected chi connectivity index (χ3v) is 4.36. The van der Waals surface area contributed by atoms with E-state index in [1.54, 1.807) is 12.4 Å². The quantitative estimate of drug-likeness (QED) is 0.929. The molecule has 0 radical (unpaired) electrons. The average molecular weight is 297 g/mol. The van der Waals surface area contributed by atoms with E-state index in [4.69, 9.17) is 5.73 Å². The van der Waals surface area contributed by atoms with E-state index in [-0.39, 0.29) is 0 Å². The van der Waals surface area contributed by atoms with Gasteiger partial charge in [-0.3, -0.25) is 4.90 Å². The van der Waals surface area contributed by atoms with Gasteiger partial charge in [0.15, 0.2) is 0 Å². The number of aryl methyl sites for hydroxylation is 1. The van der Waals surface area contributed by atoms with Crippen LogP contribution < -0.4 is 10.6 Å². The summed E-state index contributed by atoms with van der Waals surface area (Å²) in [6, 6.07) is 10.7. The molecule has 2 N–H and O–H groups in total. The second-order valence-corrected chi connectivity index (χ2v) is 5.68. The zero-order chi connectivity index (χ0) is 15.4. The first-order valence-electron chi connectivity index (χ1n) is 7.81. The number of hydrogen-bond donors (Lipinski definition) is 1. The van der Waals surface area contributed by atoms with Gasteiger partial charge in [0, 0.05) is 51.2 Å². The monoisotopic (exact) mass is 297 g/mol. The van der Waals surface area contributed by atoms with Crippen LogP contribution in [0.5, 0.6) is 0 Å². The fraction of sp³-hybridized carbons (Fsp3) is 0.412. The molecule has 5 nitrogen and oxygen atoms in total. The smallest absolute Gasteiger partial charge is 0.225 e. The van der Waals surface area contributed by atoms with Crippen LogP contribution in [0.25, 0.3) is 0 Å². The number of benzene rings is 1. The van der Waals surface area contributed by atoms with Crippen LogP contribution in [0.3, 0.4) is 0 Å². The maximum absolute atomic E-state index is 6.07. The van der Waals surface area contributed by atoms with Crippen molar-refractivity contribution >= 4 is 5.95 Å². The predicted octanol–water partition coefficient (Wildman–Crippen LogP) is 1.61. The van der Waals surface area contributed by atoms with Crippen LogP contribution in [0.4, 0.5) is 5.95 Å². The Morgan fingerprint density at radius 3 is 2.36 bits per heavy atom. The van der Waals surface area contributed by atoms with Crippen LogP contribution in [0, 0.1) is 6.92 Å². The van der Waals surface area contributed by atoms with Gasteiger partial charge < -0.3 is 10.6 Å². The van der Waals surface area contributed by atoms with Gasteiger partial charge in [-0.2, -0.15) is 0 Å². The molecule has 1 aliphatic rings. The van der Waals surface area contributed by atoms with E-state index in [9.17, 15) is 0 Å². The van der Waals surface area contributed by atoms with E-state index < -0.39 is 0 Å². The molecule has 2 aromatic rings. The van der Waals surface area contributed by atoms with Gasteiger partial charge in [0.05, 0.1) is 0 Å². The summed E-state index contributed by atoms with van der Waals surface area (Å²) in [4.78, 5) is 13.4. The Kier molecular flexibility index (Phi) is 4.65. The van der Waals surface area contributed by atoms with Crippen molar-refractivity contribution in [3.8, 4) is 0 Å². The maximum Gasteiger partial charge on any atom is 0.225 e. The van der Waals surface area contributed by atoms with Gasteiger partial charge in [-0.15, -0.1) is 0 Å². The number of nitrogens with two attached hydrogens (primary N) is 1. The molecule has 1 atom stereocenters. The summed E-state index contributed by atoms with van der Waals surface area (Å²) >= 11 is 0. The number of piperazine rings is 1. The van der Waals surface area contributed by atoms with Gasteiger partial charge in [-0.25, -0.2) is 9.97 Å². The highest BCUT2D eigenvalue weighted by Gasteiger charge is 2.25. The van der Waals surface area contributed by atoms with Gasteiger partial charge in [-0.05, 0) is 24.1 Å². The first-order chi connectivity index (χ1) is 10.8. The third-order valence-electron chi connectivity index (χ3n) is 4.36. The van der Waals surface area contributed by atoms with Crippen LogP contribution in [0.2, 0.25) is 0 Å². The average Bonchev–Trinajstić information content (AvgIpc) is 2.59. The first-order valence-corrected chi connectivity index (χ1v) is 7.81. The minimum Gasteiger partial charge on any atom is -0.338 e. The van der Waals surface area contributed by atoms with Crippen molar-refractivity contribution in [2.75, 3.05) is 37.6 Å². The van der Waals surface area contributed by atoms with Crippen LogP contribution in [0.1, 0.15) is 17.2 Å². The van der Waals surface area contributed by atoms with Crippen molar-refractivity contribution in [2.24, 2.45) is 5.73 Å². The Morgan fingerprint density at radius 1 is 1.05 bits per heavy atom. The Labute approximate surface area is 131 Å². The van der Waals surface area contributed by atoms with Crippen molar-refractivity contribution in [2.45, 2.75) is 13.0 Å². The molecule has 0 bridgehead atoms. The lowest BCUT2D eigenvalue weighted by Gasteiger charge is -2.39. The van der Waals surface area contributed by atoms with Crippen molar-refractivity contribution < 1.29 is 0 Å². The van der Waals surface area contributed by atoms with Crippen LogP contribution in [0.15, 0.2) is 42.7 Å². The molecule has 0 saturated carbocycles. The Hall–Kier alpha value is -1.98. The second-order valence-electron chi connectivity index (χ2n) is 5.68. The highest BCUT2D eigenvalue weighted by molar-refractivity contribution is 5.31. The number of hydrogen-bond acceptors (Lipinski definition) is 5. The molecule has 1 fully saturated rings. The zero-order valence-corrected chi connectivity index (χ0v) is 13.0. The van der Waals surface area contributed by atoms with E-state index in [1.807, 2.05) is 6.07 Å². The van der Waals surface area contributed by atoms with Crippen molar-refractivity contribution in [3.63, 3.8) is 0 Å². The van der Waals surface area contributed by atoms with E-state index in [1.165, 1.54) is 11.1 Å². The van der Waals surface area contributed by atoms with E-state index >= 15 is 0 Å². The van der Waals surface area contributed by atoms with Crippen LogP contribution in [-0.4, -0.2) is 47.6 Å². The summed E-state index contributed by atoms with van der Waals surface area (Å²) in [5, 5.41) is 0. The van der Waals surface area contributed by atoms with Gasteiger partial charge in [0.25, 0.3) is 0 Å². The molecule has 1 aromatic heterocycles. The molecule has 1 aliphatic heterocycles. The van der Waals surface area contributed by atoms with Crippen LogP contribution >= 0.6 is 0 Å². The van der Waals surface area contributed by atoms with Crippen LogP contribution in [-0.2, 0) is 0 Å². The molecule has 116 valence electrons. The summed E-state index contributed by atoms with van der Waals surface area (Å²) in [6.45, 7) is 6.64. The summed E-state index contributed by atoms with van der Waals surface area (Å²) in [6.07, 6.45) is 3.59. The number of rotatable bonds is 4. The molecule has 2 heterocycles. The number of anilines is 1. The minimum absolute atomic E-state index is 0.292. The molecule has 0 amide bonds. The molecule has 1 unspecified atom stereocenters. The second kappa shape index (κ2) is 6.85. The van der Waals surface area contributed by atoms with E-state index in [2.05, 4.69) is 51.0 Å². The fourth-order valence-corrected chi connectivity index (χ4v) is 3.12. The summed E-state index contributed by atoms with van der Waals surface area (Å²) in [5.74, 6) is 0.822. The van der Waals surface area contributed by atoms with E-state index in [0.29, 0.717) is 12.6 Å². The van der Waals surface area contributed by atoms with E-state index in [0.717, 1.165) is 32.1 Å². The standard InChI is InChI=1S/C17H23N5/c1-14-5-2-3-6-15(14)16(13-18)21-9-11-22(12-10-21)17-19-7-4-8-20-17/h2-8,16H,9-13,18H2,1H3. The van der Waals surface area contributed by atoms with Crippen molar-refractivity contribution in [1.29, 1.82) is 0 Å². The lowest BCUT2D eigenvalue weighted by Crippen LogP contribution is -2.49. The van der Waals surface area contributed by atoms with Gasteiger partial charge in [-0.1, -0.05) is 24.3 Å². The lowest BCUT2D eigenvalue weighted by molar-refractivity contribution is 0.189.